The second kappa shape index (κ2) is 8.94. The molecule has 3 heteroatoms. The van der Waals surface area contributed by atoms with E-state index in [1.807, 2.05) is 30.3 Å². The smallest absolute Gasteiger partial charge is 0.0541 e. The fourth-order valence-electron chi connectivity index (χ4n) is 4.42. The molecule has 160 valence electrons. The fourth-order valence-corrected chi connectivity index (χ4v) is 4.77. The van der Waals surface area contributed by atoms with Crippen molar-refractivity contribution < 1.29 is 0 Å². The van der Waals surface area contributed by atoms with E-state index in [1.165, 1.54) is 21.8 Å². The maximum atomic E-state index is 6.27. The second-order valence-electron chi connectivity index (χ2n) is 7.96. The lowest BCUT2D eigenvalue weighted by molar-refractivity contribution is 1.24. The predicted octanol–water partition coefficient (Wildman–Crippen LogP) is 7.99. The number of anilines is 1. The average molecular weight is 445 g/mol. The summed E-state index contributed by atoms with van der Waals surface area (Å²) in [5, 5.41) is 3.52. The van der Waals surface area contributed by atoms with Crippen molar-refractivity contribution in [3.8, 4) is 11.1 Å². The lowest BCUT2D eigenvalue weighted by Crippen LogP contribution is -1.94. The van der Waals surface area contributed by atoms with Gasteiger partial charge in [0.2, 0.25) is 0 Å². The zero-order valence-electron chi connectivity index (χ0n) is 18.3. The second-order valence-corrected chi connectivity index (χ2v) is 8.63. The van der Waals surface area contributed by atoms with Crippen LogP contribution in [0.3, 0.4) is 0 Å². The summed E-state index contributed by atoms with van der Waals surface area (Å²) in [6.07, 6.45) is 6.24. The van der Waals surface area contributed by atoms with Crippen LogP contribution < -0.4 is 5.73 Å². The zero-order chi connectivity index (χ0) is 22.8. The number of nitrogens with two attached hydrogens (primary N) is 1. The van der Waals surface area contributed by atoms with Gasteiger partial charge in [0, 0.05) is 27.7 Å². The minimum Gasteiger partial charge on any atom is -0.398 e. The van der Waals surface area contributed by atoms with Crippen LogP contribution in [0.2, 0.25) is 0 Å². The molecule has 0 fully saturated rings. The van der Waals surface area contributed by atoms with Crippen molar-refractivity contribution in [3.63, 3.8) is 0 Å². The van der Waals surface area contributed by atoms with E-state index in [1.54, 1.807) is 0 Å². The molecule has 2 N–H and O–H groups in total. The first-order chi connectivity index (χ1) is 16.2. The van der Waals surface area contributed by atoms with Gasteiger partial charge >= 0.3 is 0 Å². The van der Waals surface area contributed by atoms with Crippen LogP contribution in [-0.4, -0.2) is 4.57 Å². The van der Waals surface area contributed by atoms with E-state index in [0.717, 1.165) is 33.4 Å². The number of hydrogen-bond acceptors (Lipinski definition) is 1. The van der Waals surface area contributed by atoms with Gasteiger partial charge in [0.05, 0.1) is 11.0 Å². The Morgan fingerprint density at radius 2 is 1.27 bits per heavy atom. The molecule has 0 aliphatic carbocycles. The van der Waals surface area contributed by atoms with E-state index in [2.05, 4.69) is 105 Å². The lowest BCUT2D eigenvalue weighted by Gasteiger charge is -2.11. The van der Waals surface area contributed by atoms with Crippen molar-refractivity contribution in [3.05, 3.63) is 127 Å². The third-order valence-corrected chi connectivity index (χ3v) is 6.23. The van der Waals surface area contributed by atoms with Crippen LogP contribution in [0.5, 0.6) is 0 Å². The number of hydrogen-bond donors (Lipinski definition) is 1. The number of rotatable bonds is 5. The molecule has 0 spiro atoms. The number of aromatic nitrogens is 1. The van der Waals surface area contributed by atoms with Crippen molar-refractivity contribution >= 4 is 48.5 Å². The van der Waals surface area contributed by atoms with Crippen LogP contribution in [0.25, 0.3) is 44.7 Å². The summed E-state index contributed by atoms with van der Waals surface area (Å²) in [7, 11) is 2.87. The zero-order valence-corrected chi connectivity index (χ0v) is 19.4. The highest BCUT2D eigenvalue weighted by Gasteiger charge is 2.12. The van der Waals surface area contributed by atoms with Gasteiger partial charge in [0.1, 0.15) is 0 Å². The van der Waals surface area contributed by atoms with Crippen molar-refractivity contribution in [2.45, 2.75) is 0 Å². The number of nitrogens with zero attached hydrogens (tertiary/aromatic N) is 1. The van der Waals surface area contributed by atoms with E-state index in [9.17, 15) is 0 Å². The summed E-state index contributed by atoms with van der Waals surface area (Å²) in [6, 6.07) is 33.3. The third kappa shape index (κ3) is 3.91. The summed E-state index contributed by atoms with van der Waals surface area (Å²) in [5.74, 6) is 0. The van der Waals surface area contributed by atoms with Gasteiger partial charge in [0.15, 0.2) is 0 Å². The van der Waals surface area contributed by atoms with Crippen molar-refractivity contribution in [2.75, 3.05) is 5.73 Å². The van der Waals surface area contributed by atoms with Crippen LogP contribution >= 0.6 is 9.24 Å². The molecule has 0 saturated heterocycles. The Morgan fingerprint density at radius 3 is 1.91 bits per heavy atom. The van der Waals surface area contributed by atoms with Gasteiger partial charge in [-0.15, -0.1) is 9.24 Å². The first kappa shape index (κ1) is 21.0. The molecule has 0 amide bonds. The quantitative estimate of drug-likeness (QED) is 0.166. The molecule has 1 atom stereocenters. The summed E-state index contributed by atoms with van der Waals surface area (Å²) in [6.45, 7) is 4.13. The molecule has 0 aliphatic heterocycles. The molecule has 0 bridgehead atoms. The molecular formula is C30H25N2P. The van der Waals surface area contributed by atoms with Gasteiger partial charge in [-0.05, 0) is 52.9 Å². The van der Waals surface area contributed by atoms with Crippen molar-refractivity contribution in [2.24, 2.45) is 0 Å². The predicted molar refractivity (Wildman–Crippen MR) is 148 cm³/mol. The number of benzene rings is 4. The molecule has 0 saturated carbocycles. The van der Waals surface area contributed by atoms with E-state index in [0.29, 0.717) is 0 Å². The summed E-state index contributed by atoms with van der Waals surface area (Å²) in [4.78, 5) is 0. The largest absolute Gasteiger partial charge is 0.398 e. The van der Waals surface area contributed by atoms with Gasteiger partial charge < -0.3 is 10.3 Å². The Hall–Kier alpha value is -3.87. The minimum atomic E-state index is 0.774. The molecule has 33 heavy (non-hydrogen) atoms. The lowest BCUT2D eigenvalue weighted by atomic mass is 9.98. The minimum absolute atomic E-state index is 0.774. The van der Waals surface area contributed by atoms with Crippen LogP contribution in [0.1, 0.15) is 5.56 Å². The third-order valence-electron chi connectivity index (χ3n) is 5.90. The maximum Gasteiger partial charge on any atom is 0.0541 e. The normalized spacial score (nSPS) is 12.4. The highest BCUT2D eigenvalue weighted by atomic mass is 31.0. The molecule has 4 aromatic carbocycles. The van der Waals surface area contributed by atoms with Crippen molar-refractivity contribution in [1.29, 1.82) is 0 Å². The van der Waals surface area contributed by atoms with Gasteiger partial charge in [-0.3, -0.25) is 0 Å². The van der Waals surface area contributed by atoms with Crippen LogP contribution in [0.4, 0.5) is 5.69 Å². The highest BCUT2D eigenvalue weighted by molar-refractivity contribution is 7.23. The molecule has 5 aromatic rings. The monoisotopic (exact) mass is 444 g/mol. The van der Waals surface area contributed by atoms with E-state index in [-0.39, 0.29) is 0 Å². The Morgan fingerprint density at radius 1 is 0.727 bits per heavy atom. The fraction of sp³-hybridized carbons (Fsp3) is 0. The summed E-state index contributed by atoms with van der Waals surface area (Å²) in [5.41, 5.74) is 13.7. The average Bonchev–Trinajstić information content (AvgIpc) is 3.18. The number of para-hydroxylation sites is 3. The molecular weight excluding hydrogens is 419 g/mol. The Kier molecular flexibility index (Phi) is 5.69. The Bertz CT molecular complexity index is 1500. The van der Waals surface area contributed by atoms with Crippen LogP contribution in [0, 0.1) is 0 Å². The number of allylic oxidation sites excluding steroid dienone is 4. The standard InChI is InChI=1S/C30H25N2P/c1-2-22(32-29-17-9-6-14-26(29)27-15-7-10-18-30(27)32)20-23(33)19-21-11-3-4-12-24(21)25-13-5-8-16-28(25)31/h2-20H,1,31,33H2/b22-20+,23-19+. The molecule has 0 radical (unpaired) electrons. The Balaban J connectivity index is 1.65. The first-order valence-electron chi connectivity index (χ1n) is 10.9. The molecule has 1 heterocycles. The van der Waals surface area contributed by atoms with Gasteiger partial charge in [0.25, 0.3) is 0 Å². The molecule has 2 nitrogen and oxygen atoms in total. The molecule has 0 aliphatic rings. The molecule has 5 rings (SSSR count). The molecule has 1 unspecified atom stereocenters. The maximum absolute atomic E-state index is 6.27. The Labute approximate surface area is 196 Å². The van der Waals surface area contributed by atoms with Crippen molar-refractivity contribution in [1.82, 2.24) is 4.57 Å². The summed E-state index contributed by atoms with van der Waals surface area (Å²) >= 11 is 0. The highest BCUT2D eigenvalue weighted by Crippen LogP contribution is 2.34. The van der Waals surface area contributed by atoms with Crippen LogP contribution in [-0.2, 0) is 0 Å². The van der Waals surface area contributed by atoms with Gasteiger partial charge in [-0.25, -0.2) is 0 Å². The summed E-state index contributed by atoms with van der Waals surface area (Å²) < 4.78 is 2.27. The molecule has 1 aromatic heterocycles. The van der Waals surface area contributed by atoms with E-state index in [4.69, 9.17) is 5.73 Å². The van der Waals surface area contributed by atoms with Crippen LogP contribution in [0.15, 0.2) is 121 Å². The number of fused-ring (bicyclic) bond motifs is 3. The van der Waals surface area contributed by atoms with E-state index >= 15 is 0 Å². The SMILES string of the molecule is C=C/C(=C\C(P)=C/c1ccccc1-c1ccccc1N)n1c2ccccc2c2ccccc21. The van der Waals surface area contributed by atoms with E-state index < -0.39 is 0 Å². The first-order valence-corrected chi connectivity index (χ1v) is 11.5. The topological polar surface area (TPSA) is 30.9 Å². The number of nitrogen functional groups attached to an aromatic ring is 1. The van der Waals surface area contributed by atoms with Gasteiger partial charge in [-0.2, -0.15) is 0 Å². The van der Waals surface area contributed by atoms with Gasteiger partial charge in [-0.1, -0.05) is 85.4 Å².